The molecule has 2 heterocycles. The van der Waals surface area contributed by atoms with Crippen molar-refractivity contribution < 1.29 is 9.59 Å². The van der Waals surface area contributed by atoms with Crippen LogP contribution in [0.1, 0.15) is 46.6 Å². The highest BCUT2D eigenvalue weighted by Crippen LogP contribution is 2.59. The molecule has 5 nitrogen and oxygen atoms in total. The zero-order valence-corrected chi connectivity index (χ0v) is 16.6. The van der Waals surface area contributed by atoms with E-state index in [1.165, 1.54) is 0 Å². The second-order valence-corrected chi connectivity index (χ2v) is 8.27. The zero-order chi connectivity index (χ0) is 19.7. The van der Waals surface area contributed by atoms with Crippen molar-refractivity contribution in [3.8, 4) is 0 Å². The fourth-order valence-electron chi connectivity index (χ4n) is 4.39. The highest BCUT2D eigenvalue weighted by molar-refractivity contribution is 5.94. The number of pyridine rings is 1. The Morgan fingerprint density at radius 1 is 1.14 bits per heavy atom. The van der Waals surface area contributed by atoms with Crippen molar-refractivity contribution in [2.45, 2.75) is 39.7 Å². The molecule has 0 bridgehead atoms. The third-order valence-electron chi connectivity index (χ3n) is 6.21. The summed E-state index contributed by atoms with van der Waals surface area (Å²) in [5, 5.41) is 3.04. The summed E-state index contributed by atoms with van der Waals surface area (Å²) < 4.78 is 0. The SMILES string of the molecule is Cc1cccc(C(=O)N2CCC3(CC2)CC3C(=O)NCc2cccc(C)n2)c1. The van der Waals surface area contributed by atoms with Crippen molar-refractivity contribution in [1.82, 2.24) is 15.2 Å². The number of carbonyl (C=O) groups excluding carboxylic acids is 2. The monoisotopic (exact) mass is 377 g/mol. The van der Waals surface area contributed by atoms with Crippen LogP contribution in [-0.2, 0) is 11.3 Å². The van der Waals surface area contributed by atoms with Gasteiger partial charge in [0.25, 0.3) is 5.91 Å². The average molecular weight is 377 g/mol. The molecule has 1 atom stereocenters. The minimum absolute atomic E-state index is 0.0773. The Labute approximate surface area is 166 Å². The number of aromatic nitrogens is 1. The molecule has 2 aliphatic rings. The Morgan fingerprint density at radius 3 is 2.61 bits per heavy atom. The lowest BCUT2D eigenvalue weighted by Gasteiger charge is -2.33. The molecule has 1 N–H and O–H groups in total. The van der Waals surface area contributed by atoms with Crippen LogP contribution in [0.15, 0.2) is 42.5 Å². The Balaban J connectivity index is 1.29. The summed E-state index contributed by atoms with van der Waals surface area (Å²) in [5.41, 5.74) is 3.79. The topological polar surface area (TPSA) is 62.3 Å². The zero-order valence-electron chi connectivity index (χ0n) is 16.6. The van der Waals surface area contributed by atoms with Gasteiger partial charge in [0.2, 0.25) is 5.91 Å². The summed E-state index contributed by atoms with van der Waals surface area (Å²) in [5.74, 6) is 0.307. The molecule has 5 heteroatoms. The van der Waals surface area contributed by atoms with Gasteiger partial charge >= 0.3 is 0 Å². The van der Waals surface area contributed by atoms with Gasteiger partial charge < -0.3 is 10.2 Å². The van der Waals surface area contributed by atoms with Crippen molar-refractivity contribution in [3.05, 3.63) is 65.0 Å². The molecular formula is C23H27N3O2. The summed E-state index contributed by atoms with van der Waals surface area (Å²) in [6, 6.07) is 13.6. The molecule has 2 aromatic rings. The number of piperidine rings is 1. The fourth-order valence-corrected chi connectivity index (χ4v) is 4.39. The highest BCUT2D eigenvalue weighted by Gasteiger charge is 2.58. The number of hydrogen-bond acceptors (Lipinski definition) is 3. The molecule has 1 aliphatic carbocycles. The van der Waals surface area contributed by atoms with Gasteiger partial charge in [0.15, 0.2) is 0 Å². The summed E-state index contributed by atoms with van der Waals surface area (Å²) in [4.78, 5) is 31.7. The van der Waals surface area contributed by atoms with Crippen LogP contribution in [0.4, 0.5) is 0 Å². The Morgan fingerprint density at radius 2 is 1.89 bits per heavy atom. The highest BCUT2D eigenvalue weighted by atomic mass is 16.2. The van der Waals surface area contributed by atoms with E-state index in [-0.39, 0.29) is 23.1 Å². The van der Waals surface area contributed by atoms with E-state index < -0.39 is 0 Å². The molecule has 146 valence electrons. The minimum Gasteiger partial charge on any atom is -0.350 e. The van der Waals surface area contributed by atoms with E-state index >= 15 is 0 Å². The quantitative estimate of drug-likeness (QED) is 0.890. The Hall–Kier alpha value is -2.69. The van der Waals surface area contributed by atoms with E-state index in [9.17, 15) is 9.59 Å². The second kappa shape index (κ2) is 7.38. The van der Waals surface area contributed by atoms with Gasteiger partial charge in [-0.1, -0.05) is 23.8 Å². The van der Waals surface area contributed by atoms with Crippen LogP contribution in [-0.4, -0.2) is 34.8 Å². The number of carbonyl (C=O) groups is 2. The first-order valence-corrected chi connectivity index (χ1v) is 10.0. The van der Waals surface area contributed by atoms with E-state index in [2.05, 4.69) is 10.3 Å². The molecule has 1 saturated carbocycles. The number of nitrogens with one attached hydrogen (secondary N) is 1. The van der Waals surface area contributed by atoms with Crippen molar-refractivity contribution >= 4 is 11.8 Å². The normalized spacial score (nSPS) is 20.1. The number of hydrogen-bond donors (Lipinski definition) is 1. The van der Waals surface area contributed by atoms with Crippen LogP contribution in [0.2, 0.25) is 0 Å². The molecule has 2 amide bonds. The first-order chi connectivity index (χ1) is 13.5. The maximum Gasteiger partial charge on any atom is 0.253 e. The van der Waals surface area contributed by atoms with E-state index in [4.69, 9.17) is 0 Å². The molecule has 4 rings (SSSR count). The van der Waals surface area contributed by atoms with Gasteiger partial charge in [-0.15, -0.1) is 0 Å². The van der Waals surface area contributed by atoms with Gasteiger partial charge in [0.05, 0.1) is 12.2 Å². The minimum atomic E-state index is 0.0773. The van der Waals surface area contributed by atoms with Gasteiger partial charge in [-0.05, 0) is 62.8 Å². The smallest absolute Gasteiger partial charge is 0.253 e. The van der Waals surface area contributed by atoms with Gasteiger partial charge in [-0.2, -0.15) is 0 Å². The van der Waals surface area contributed by atoms with E-state index in [1.54, 1.807) is 0 Å². The Bertz CT molecular complexity index is 900. The maximum absolute atomic E-state index is 12.7. The van der Waals surface area contributed by atoms with E-state index in [1.807, 2.05) is 61.2 Å². The van der Waals surface area contributed by atoms with Crippen LogP contribution in [0.3, 0.4) is 0 Å². The first-order valence-electron chi connectivity index (χ1n) is 10.0. The lowest BCUT2D eigenvalue weighted by atomic mass is 9.90. The van der Waals surface area contributed by atoms with E-state index in [0.717, 1.165) is 54.9 Å². The number of rotatable bonds is 4. The molecule has 1 aromatic carbocycles. The van der Waals surface area contributed by atoms with Gasteiger partial charge in [-0.25, -0.2) is 0 Å². The van der Waals surface area contributed by atoms with Gasteiger partial charge in [0.1, 0.15) is 0 Å². The first kappa shape index (κ1) is 18.7. The molecule has 1 saturated heterocycles. The lowest BCUT2D eigenvalue weighted by molar-refractivity contribution is -0.123. The third kappa shape index (κ3) is 3.79. The molecule has 1 aliphatic heterocycles. The van der Waals surface area contributed by atoms with Crippen LogP contribution in [0.25, 0.3) is 0 Å². The van der Waals surface area contributed by atoms with Crippen molar-refractivity contribution in [2.24, 2.45) is 11.3 Å². The summed E-state index contributed by atoms with van der Waals surface area (Å²) in [7, 11) is 0. The van der Waals surface area contributed by atoms with Crippen LogP contribution in [0, 0.1) is 25.2 Å². The molecule has 1 aromatic heterocycles. The lowest BCUT2D eigenvalue weighted by Crippen LogP contribution is -2.40. The average Bonchev–Trinajstić information content (AvgIpc) is 3.39. The van der Waals surface area contributed by atoms with E-state index in [0.29, 0.717) is 6.54 Å². The molecule has 1 spiro atoms. The largest absolute Gasteiger partial charge is 0.350 e. The second-order valence-electron chi connectivity index (χ2n) is 8.27. The maximum atomic E-state index is 12.7. The van der Waals surface area contributed by atoms with Crippen molar-refractivity contribution in [3.63, 3.8) is 0 Å². The predicted octanol–water partition coefficient (Wildman–Crippen LogP) is 3.26. The summed E-state index contributed by atoms with van der Waals surface area (Å²) in [6.07, 6.45) is 2.75. The number of nitrogens with zero attached hydrogens (tertiary/aromatic N) is 2. The summed E-state index contributed by atoms with van der Waals surface area (Å²) >= 11 is 0. The number of likely N-dealkylation sites (tertiary alicyclic amines) is 1. The van der Waals surface area contributed by atoms with Crippen molar-refractivity contribution in [1.29, 1.82) is 0 Å². The third-order valence-corrected chi connectivity index (χ3v) is 6.21. The van der Waals surface area contributed by atoms with Crippen LogP contribution < -0.4 is 5.32 Å². The molecule has 2 fully saturated rings. The van der Waals surface area contributed by atoms with Crippen LogP contribution >= 0.6 is 0 Å². The molecule has 0 radical (unpaired) electrons. The number of amides is 2. The Kier molecular flexibility index (Phi) is 4.92. The predicted molar refractivity (Wildman–Crippen MR) is 108 cm³/mol. The number of benzene rings is 1. The van der Waals surface area contributed by atoms with Crippen LogP contribution in [0.5, 0.6) is 0 Å². The fraction of sp³-hybridized carbons (Fsp3) is 0.435. The summed E-state index contributed by atoms with van der Waals surface area (Å²) in [6.45, 7) is 5.89. The molecule has 28 heavy (non-hydrogen) atoms. The molecule has 1 unspecified atom stereocenters. The van der Waals surface area contributed by atoms with Gasteiger partial charge in [0, 0.05) is 30.3 Å². The van der Waals surface area contributed by atoms with Gasteiger partial charge in [-0.3, -0.25) is 14.6 Å². The standard InChI is InChI=1S/C23H27N3O2/c1-16-5-3-7-18(13-16)22(28)26-11-9-23(10-12-26)14-20(23)21(27)24-15-19-8-4-6-17(2)25-19/h3-8,13,20H,9-12,14-15H2,1-2H3,(H,24,27). The van der Waals surface area contributed by atoms with Crippen molar-refractivity contribution in [2.75, 3.05) is 13.1 Å². The number of aryl methyl sites for hydroxylation is 2. The molecular weight excluding hydrogens is 350 g/mol.